The molecule has 0 saturated heterocycles. The molecule has 1 amide bonds. The first kappa shape index (κ1) is 24.6. The standard InChI is InChI=1S/C17H32N6O2.HI/c1-7-18-17(20-11-16(24)19-8-9-25-6)21-12(2)10-15-13(3)22-23(5)14(15)4;/h12H,7-11H2,1-6H3,(H,19,24)(H2,18,20,21);1H. The number of hydrogen-bond donors (Lipinski definition) is 3. The normalized spacial score (nSPS) is 12.3. The van der Waals surface area contributed by atoms with Gasteiger partial charge in [-0.15, -0.1) is 24.0 Å². The predicted octanol–water partition coefficient (Wildman–Crippen LogP) is 0.904. The zero-order valence-electron chi connectivity index (χ0n) is 16.7. The molecule has 1 aromatic heterocycles. The fourth-order valence-corrected chi connectivity index (χ4v) is 2.52. The number of nitrogens with one attached hydrogen (secondary N) is 3. The zero-order valence-corrected chi connectivity index (χ0v) is 19.0. The minimum atomic E-state index is -0.124. The van der Waals surface area contributed by atoms with Crippen molar-refractivity contribution in [1.29, 1.82) is 0 Å². The maximum absolute atomic E-state index is 11.8. The van der Waals surface area contributed by atoms with Gasteiger partial charge in [-0.3, -0.25) is 9.48 Å². The Hall–Kier alpha value is -1.36. The topological polar surface area (TPSA) is 92.6 Å². The Labute approximate surface area is 173 Å². The number of carbonyl (C=O) groups is 1. The number of amides is 1. The van der Waals surface area contributed by atoms with Crippen LogP contribution in [0.2, 0.25) is 0 Å². The van der Waals surface area contributed by atoms with Crippen molar-refractivity contribution >= 4 is 35.8 Å². The van der Waals surface area contributed by atoms with Crippen molar-refractivity contribution < 1.29 is 9.53 Å². The second kappa shape index (κ2) is 12.9. The second-order valence-electron chi connectivity index (χ2n) is 6.06. The van der Waals surface area contributed by atoms with Gasteiger partial charge in [0.05, 0.1) is 12.3 Å². The number of carbonyl (C=O) groups excluding carboxylic acids is 1. The molecule has 1 heterocycles. The molecule has 1 unspecified atom stereocenters. The summed E-state index contributed by atoms with van der Waals surface area (Å²) in [7, 11) is 3.56. The Bertz CT molecular complexity index is 588. The summed E-state index contributed by atoms with van der Waals surface area (Å²) >= 11 is 0. The molecule has 3 N–H and O–H groups in total. The van der Waals surface area contributed by atoms with Crippen molar-refractivity contribution in [3.8, 4) is 0 Å². The summed E-state index contributed by atoms with van der Waals surface area (Å²) in [6.07, 6.45) is 0.843. The summed E-state index contributed by atoms with van der Waals surface area (Å²) in [5.41, 5.74) is 3.47. The van der Waals surface area contributed by atoms with Gasteiger partial charge in [0, 0.05) is 39.0 Å². The lowest BCUT2D eigenvalue weighted by atomic mass is 10.1. The van der Waals surface area contributed by atoms with E-state index in [1.165, 1.54) is 11.3 Å². The first-order chi connectivity index (χ1) is 11.9. The molecule has 0 radical (unpaired) electrons. The molecule has 9 heteroatoms. The zero-order chi connectivity index (χ0) is 18.8. The van der Waals surface area contributed by atoms with Crippen LogP contribution in [-0.4, -0.2) is 61.0 Å². The summed E-state index contributed by atoms with van der Waals surface area (Å²) in [5.74, 6) is 0.511. The van der Waals surface area contributed by atoms with E-state index in [2.05, 4.69) is 39.9 Å². The summed E-state index contributed by atoms with van der Waals surface area (Å²) < 4.78 is 6.81. The van der Waals surface area contributed by atoms with Gasteiger partial charge >= 0.3 is 0 Å². The van der Waals surface area contributed by atoms with Gasteiger partial charge in [-0.05, 0) is 39.7 Å². The highest BCUT2D eigenvalue weighted by Gasteiger charge is 2.14. The summed E-state index contributed by atoms with van der Waals surface area (Å²) in [5, 5.41) is 13.7. The van der Waals surface area contributed by atoms with Crippen LogP contribution in [0.3, 0.4) is 0 Å². The number of methoxy groups -OCH3 is 1. The number of aromatic nitrogens is 2. The van der Waals surface area contributed by atoms with Crippen molar-refractivity contribution in [3.63, 3.8) is 0 Å². The van der Waals surface area contributed by atoms with Crippen LogP contribution >= 0.6 is 24.0 Å². The maximum Gasteiger partial charge on any atom is 0.241 e. The Balaban J connectivity index is 0.00000625. The quantitative estimate of drug-likeness (QED) is 0.212. The fraction of sp³-hybridized carbons (Fsp3) is 0.706. The highest BCUT2D eigenvalue weighted by Crippen LogP contribution is 2.14. The van der Waals surface area contributed by atoms with Crippen molar-refractivity contribution in [2.24, 2.45) is 12.0 Å². The monoisotopic (exact) mass is 480 g/mol. The van der Waals surface area contributed by atoms with Gasteiger partial charge in [0.25, 0.3) is 0 Å². The van der Waals surface area contributed by atoms with Gasteiger partial charge in [0.1, 0.15) is 6.54 Å². The number of guanidine groups is 1. The molecule has 8 nitrogen and oxygen atoms in total. The van der Waals surface area contributed by atoms with E-state index in [1.807, 2.05) is 25.6 Å². The lowest BCUT2D eigenvalue weighted by molar-refractivity contribution is -0.119. The number of halogens is 1. The predicted molar refractivity (Wildman–Crippen MR) is 115 cm³/mol. The molecular weight excluding hydrogens is 447 g/mol. The van der Waals surface area contributed by atoms with Crippen molar-refractivity contribution in [2.45, 2.75) is 40.2 Å². The molecular formula is C17H33IN6O2. The summed E-state index contributed by atoms with van der Waals surface area (Å²) in [4.78, 5) is 16.1. The van der Waals surface area contributed by atoms with Gasteiger partial charge in [-0.2, -0.15) is 5.10 Å². The van der Waals surface area contributed by atoms with Crippen LogP contribution in [0.15, 0.2) is 4.99 Å². The lowest BCUT2D eigenvalue weighted by Crippen LogP contribution is -2.44. The van der Waals surface area contributed by atoms with Crippen LogP contribution in [0.25, 0.3) is 0 Å². The van der Waals surface area contributed by atoms with Crippen LogP contribution < -0.4 is 16.0 Å². The number of rotatable bonds is 9. The van der Waals surface area contributed by atoms with Crippen LogP contribution in [-0.2, 0) is 23.0 Å². The molecule has 0 aromatic carbocycles. The lowest BCUT2D eigenvalue weighted by Gasteiger charge is -2.18. The highest BCUT2D eigenvalue weighted by atomic mass is 127. The van der Waals surface area contributed by atoms with E-state index < -0.39 is 0 Å². The largest absolute Gasteiger partial charge is 0.383 e. The minimum absolute atomic E-state index is 0. The Kier molecular flexibility index (Phi) is 12.2. The third-order valence-electron chi connectivity index (χ3n) is 3.91. The molecule has 0 spiro atoms. The number of aryl methyl sites for hydroxylation is 2. The average molecular weight is 480 g/mol. The van der Waals surface area contributed by atoms with Gasteiger partial charge < -0.3 is 20.7 Å². The smallest absolute Gasteiger partial charge is 0.241 e. The third kappa shape index (κ3) is 8.35. The SMILES string of the molecule is CCNC(=NCC(=O)NCCOC)NC(C)Cc1c(C)nn(C)c1C.I. The van der Waals surface area contributed by atoms with E-state index >= 15 is 0 Å². The Morgan fingerprint density at radius 3 is 2.58 bits per heavy atom. The minimum Gasteiger partial charge on any atom is -0.383 e. The number of aliphatic imine (C=N–C) groups is 1. The van der Waals surface area contributed by atoms with Crippen molar-refractivity contribution in [3.05, 3.63) is 17.0 Å². The van der Waals surface area contributed by atoms with Crippen molar-refractivity contribution in [2.75, 3.05) is 33.4 Å². The Morgan fingerprint density at radius 1 is 1.35 bits per heavy atom. The highest BCUT2D eigenvalue weighted by molar-refractivity contribution is 14.0. The van der Waals surface area contributed by atoms with Gasteiger partial charge in [-0.25, -0.2) is 4.99 Å². The molecule has 1 atom stereocenters. The number of nitrogens with zero attached hydrogens (tertiary/aromatic N) is 3. The first-order valence-corrected chi connectivity index (χ1v) is 8.68. The molecule has 150 valence electrons. The van der Waals surface area contributed by atoms with E-state index in [-0.39, 0.29) is 42.5 Å². The first-order valence-electron chi connectivity index (χ1n) is 8.68. The van der Waals surface area contributed by atoms with E-state index in [0.717, 1.165) is 18.7 Å². The number of hydrogen-bond acceptors (Lipinski definition) is 4. The second-order valence-corrected chi connectivity index (χ2v) is 6.06. The summed E-state index contributed by atoms with van der Waals surface area (Å²) in [6, 6.07) is 0.163. The third-order valence-corrected chi connectivity index (χ3v) is 3.91. The van der Waals surface area contributed by atoms with Crippen LogP contribution in [0, 0.1) is 13.8 Å². The van der Waals surface area contributed by atoms with E-state index in [9.17, 15) is 4.79 Å². The average Bonchev–Trinajstić information content (AvgIpc) is 2.79. The molecule has 0 saturated carbocycles. The van der Waals surface area contributed by atoms with Crippen LogP contribution in [0.1, 0.15) is 30.8 Å². The molecule has 0 bridgehead atoms. The molecule has 1 aromatic rings. The van der Waals surface area contributed by atoms with Crippen LogP contribution in [0.4, 0.5) is 0 Å². The fourth-order valence-electron chi connectivity index (χ4n) is 2.52. The van der Waals surface area contributed by atoms with Gasteiger partial charge in [-0.1, -0.05) is 0 Å². The van der Waals surface area contributed by atoms with Gasteiger partial charge in [0.2, 0.25) is 5.91 Å². The van der Waals surface area contributed by atoms with E-state index in [0.29, 0.717) is 19.1 Å². The Morgan fingerprint density at radius 2 is 2.04 bits per heavy atom. The maximum atomic E-state index is 11.8. The van der Waals surface area contributed by atoms with Crippen LogP contribution in [0.5, 0.6) is 0 Å². The molecule has 26 heavy (non-hydrogen) atoms. The number of ether oxygens (including phenoxy) is 1. The van der Waals surface area contributed by atoms with Crippen molar-refractivity contribution in [1.82, 2.24) is 25.7 Å². The van der Waals surface area contributed by atoms with Gasteiger partial charge in [0.15, 0.2) is 5.96 Å². The van der Waals surface area contributed by atoms with E-state index in [1.54, 1.807) is 7.11 Å². The summed E-state index contributed by atoms with van der Waals surface area (Å²) in [6.45, 7) is 9.99. The molecule has 0 aliphatic rings. The molecule has 1 rings (SSSR count). The molecule has 0 aliphatic carbocycles. The molecule has 0 fully saturated rings. The van der Waals surface area contributed by atoms with E-state index in [4.69, 9.17) is 4.74 Å². The molecule has 0 aliphatic heterocycles.